The smallest absolute Gasteiger partial charge is 0.237 e. The number of anilines is 1. The van der Waals surface area contributed by atoms with Crippen LogP contribution < -0.4 is 11.1 Å². The van der Waals surface area contributed by atoms with Crippen LogP contribution in [0.1, 0.15) is 37.7 Å². The van der Waals surface area contributed by atoms with Crippen LogP contribution in [-0.4, -0.2) is 10.9 Å². The summed E-state index contributed by atoms with van der Waals surface area (Å²) in [5.74, 6) is -0.586. The zero-order valence-corrected chi connectivity index (χ0v) is 12.4. The van der Waals surface area contributed by atoms with Crippen LogP contribution in [0.3, 0.4) is 0 Å². The number of hydrogen-bond acceptors (Lipinski definition) is 2. The third-order valence-corrected chi connectivity index (χ3v) is 4.45. The first-order chi connectivity index (χ1) is 9.45. The van der Waals surface area contributed by atoms with Crippen molar-refractivity contribution in [1.82, 2.24) is 0 Å². The fourth-order valence-corrected chi connectivity index (χ4v) is 3.01. The van der Waals surface area contributed by atoms with Gasteiger partial charge in [0.15, 0.2) is 0 Å². The van der Waals surface area contributed by atoms with E-state index in [0.29, 0.717) is 18.5 Å². The number of aryl methyl sites for hydroxylation is 1. The first kappa shape index (κ1) is 14.9. The van der Waals surface area contributed by atoms with Crippen LogP contribution >= 0.6 is 12.2 Å². The highest BCUT2D eigenvalue weighted by atomic mass is 32.1. The van der Waals surface area contributed by atoms with Gasteiger partial charge in [-0.3, -0.25) is 4.79 Å². The molecule has 108 valence electrons. The van der Waals surface area contributed by atoms with Crippen molar-refractivity contribution >= 4 is 28.8 Å². The average molecular weight is 294 g/mol. The summed E-state index contributed by atoms with van der Waals surface area (Å²) in [6.45, 7) is 1.82. The van der Waals surface area contributed by atoms with Crippen LogP contribution in [0.2, 0.25) is 0 Å². The second-order valence-corrected chi connectivity index (χ2v) is 5.86. The lowest BCUT2D eigenvalue weighted by molar-refractivity contribution is -0.123. The summed E-state index contributed by atoms with van der Waals surface area (Å²) in [5.41, 5.74) is 6.33. The summed E-state index contributed by atoms with van der Waals surface area (Å²) in [6, 6.07) is 4.33. The molecule has 0 spiro atoms. The molecule has 1 aliphatic carbocycles. The third-order valence-electron chi connectivity index (χ3n) is 4.06. The van der Waals surface area contributed by atoms with Crippen LogP contribution in [-0.2, 0) is 4.79 Å². The molecule has 5 heteroatoms. The molecule has 0 aliphatic heterocycles. The summed E-state index contributed by atoms with van der Waals surface area (Å²) < 4.78 is 13.3. The van der Waals surface area contributed by atoms with Gasteiger partial charge in [0, 0.05) is 5.69 Å². The van der Waals surface area contributed by atoms with Gasteiger partial charge in [-0.05, 0) is 37.5 Å². The van der Waals surface area contributed by atoms with E-state index in [0.717, 1.165) is 24.8 Å². The highest BCUT2D eigenvalue weighted by Crippen LogP contribution is 2.38. The standard InChI is InChI=1S/C15H19FN2OS/c1-10-5-6-11(16)9-12(10)18-14(19)15(13(17)20)7-3-2-4-8-15/h5-6,9H,2-4,7-8H2,1H3,(H2,17,20)(H,18,19). The lowest BCUT2D eigenvalue weighted by Gasteiger charge is -2.34. The molecule has 0 saturated heterocycles. The zero-order valence-electron chi connectivity index (χ0n) is 11.5. The van der Waals surface area contributed by atoms with E-state index in [9.17, 15) is 9.18 Å². The van der Waals surface area contributed by atoms with Gasteiger partial charge in [-0.2, -0.15) is 0 Å². The number of nitrogens with one attached hydrogen (secondary N) is 1. The number of carbonyl (C=O) groups is 1. The molecule has 2 rings (SSSR count). The topological polar surface area (TPSA) is 55.1 Å². The molecule has 20 heavy (non-hydrogen) atoms. The van der Waals surface area contributed by atoms with Gasteiger partial charge in [-0.1, -0.05) is 37.5 Å². The maximum Gasteiger partial charge on any atom is 0.237 e. The van der Waals surface area contributed by atoms with Crippen molar-refractivity contribution in [3.63, 3.8) is 0 Å². The predicted octanol–water partition coefficient (Wildman–Crippen LogP) is 3.31. The summed E-state index contributed by atoms with van der Waals surface area (Å²) in [6.07, 6.45) is 4.31. The van der Waals surface area contributed by atoms with E-state index in [4.69, 9.17) is 18.0 Å². The van der Waals surface area contributed by atoms with E-state index in [1.165, 1.54) is 12.1 Å². The minimum atomic E-state index is -0.785. The molecular formula is C15H19FN2OS. The van der Waals surface area contributed by atoms with Gasteiger partial charge < -0.3 is 11.1 Å². The van der Waals surface area contributed by atoms with Crippen molar-refractivity contribution in [3.05, 3.63) is 29.6 Å². The Morgan fingerprint density at radius 1 is 1.35 bits per heavy atom. The van der Waals surface area contributed by atoms with Crippen molar-refractivity contribution in [1.29, 1.82) is 0 Å². The van der Waals surface area contributed by atoms with Crippen molar-refractivity contribution in [2.75, 3.05) is 5.32 Å². The van der Waals surface area contributed by atoms with E-state index in [1.807, 2.05) is 6.92 Å². The van der Waals surface area contributed by atoms with Crippen molar-refractivity contribution in [2.24, 2.45) is 11.1 Å². The van der Waals surface area contributed by atoms with Gasteiger partial charge in [0.2, 0.25) is 5.91 Å². The van der Waals surface area contributed by atoms with E-state index in [-0.39, 0.29) is 16.7 Å². The molecule has 0 unspecified atom stereocenters. The van der Waals surface area contributed by atoms with Gasteiger partial charge in [0.1, 0.15) is 5.82 Å². The number of hydrogen-bond donors (Lipinski definition) is 2. The Labute approximate surface area is 123 Å². The quantitative estimate of drug-likeness (QED) is 0.841. The van der Waals surface area contributed by atoms with Crippen molar-refractivity contribution in [2.45, 2.75) is 39.0 Å². The third kappa shape index (κ3) is 2.82. The Kier molecular flexibility index (Phi) is 4.38. The molecule has 1 fully saturated rings. The lowest BCUT2D eigenvalue weighted by Crippen LogP contribution is -2.47. The van der Waals surface area contributed by atoms with Crippen LogP contribution in [0.4, 0.5) is 10.1 Å². The zero-order chi connectivity index (χ0) is 14.8. The molecule has 1 amide bonds. The highest BCUT2D eigenvalue weighted by Gasteiger charge is 2.42. The molecule has 0 aromatic heterocycles. The molecule has 1 aromatic carbocycles. The van der Waals surface area contributed by atoms with Gasteiger partial charge >= 0.3 is 0 Å². The Morgan fingerprint density at radius 2 is 2.00 bits per heavy atom. The summed E-state index contributed by atoms with van der Waals surface area (Å²) in [4.78, 5) is 12.8. The number of nitrogens with two attached hydrogens (primary N) is 1. The first-order valence-electron chi connectivity index (χ1n) is 6.83. The van der Waals surface area contributed by atoms with Crippen LogP contribution in [0.25, 0.3) is 0 Å². The minimum Gasteiger partial charge on any atom is -0.392 e. The second kappa shape index (κ2) is 5.87. The molecule has 1 saturated carbocycles. The Balaban J connectivity index is 2.25. The number of rotatable bonds is 3. The Morgan fingerprint density at radius 3 is 2.60 bits per heavy atom. The minimum absolute atomic E-state index is 0.210. The number of halogens is 1. The van der Waals surface area contributed by atoms with Gasteiger partial charge in [0.05, 0.1) is 10.4 Å². The fourth-order valence-electron chi connectivity index (χ4n) is 2.71. The number of carbonyl (C=O) groups excluding carboxylic acids is 1. The van der Waals surface area contributed by atoms with Crippen LogP contribution in [0.5, 0.6) is 0 Å². The van der Waals surface area contributed by atoms with Crippen molar-refractivity contribution in [3.8, 4) is 0 Å². The molecule has 3 N–H and O–H groups in total. The highest BCUT2D eigenvalue weighted by molar-refractivity contribution is 7.80. The monoisotopic (exact) mass is 294 g/mol. The van der Waals surface area contributed by atoms with E-state index in [2.05, 4.69) is 5.32 Å². The SMILES string of the molecule is Cc1ccc(F)cc1NC(=O)C1(C(N)=S)CCCCC1. The Bertz CT molecular complexity index is 539. The van der Waals surface area contributed by atoms with Crippen molar-refractivity contribution < 1.29 is 9.18 Å². The van der Waals surface area contributed by atoms with E-state index < -0.39 is 5.41 Å². The number of amides is 1. The molecule has 1 aliphatic rings. The van der Waals surface area contributed by atoms with Crippen LogP contribution in [0, 0.1) is 18.2 Å². The number of benzene rings is 1. The summed E-state index contributed by atoms with van der Waals surface area (Å²) >= 11 is 5.12. The average Bonchev–Trinajstić information content (AvgIpc) is 2.43. The predicted molar refractivity (Wildman–Crippen MR) is 82.1 cm³/mol. The molecule has 0 heterocycles. The van der Waals surface area contributed by atoms with Gasteiger partial charge in [-0.25, -0.2) is 4.39 Å². The molecule has 0 radical (unpaired) electrons. The normalized spacial score (nSPS) is 17.5. The van der Waals surface area contributed by atoms with Gasteiger partial charge in [-0.15, -0.1) is 0 Å². The first-order valence-corrected chi connectivity index (χ1v) is 7.24. The van der Waals surface area contributed by atoms with Crippen LogP contribution in [0.15, 0.2) is 18.2 Å². The second-order valence-electron chi connectivity index (χ2n) is 5.42. The van der Waals surface area contributed by atoms with Gasteiger partial charge in [0.25, 0.3) is 0 Å². The number of thiocarbonyl (C=S) groups is 1. The molecule has 3 nitrogen and oxygen atoms in total. The fraction of sp³-hybridized carbons (Fsp3) is 0.467. The van der Waals surface area contributed by atoms with E-state index in [1.54, 1.807) is 6.07 Å². The van der Waals surface area contributed by atoms with E-state index >= 15 is 0 Å². The summed E-state index contributed by atoms with van der Waals surface area (Å²) in [7, 11) is 0. The molecular weight excluding hydrogens is 275 g/mol. The molecule has 0 bridgehead atoms. The molecule has 1 aromatic rings. The lowest BCUT2D eigenvalue weighted by atomic mass is 9.73. The summed E-state index contributed by atoms with van der Waals surface area (Å²) in [5, 5.41) is 2.80. The largest absolute Gasteiger partial charge is 0.392 e. The Hall–Kier alpha value is -1.49. The maximum atomic E-state index is 13.3. The molecule has 0 atom stereocenters. The maximum absolute atomic E-state index is 13.3.